The Labute approximate surface area is 111 Å². The van der Waals surface area contributed by atoms with Crippen LogP contribution in [0.5, 0.6) is 0 Å². The number of hydrogen-bond donors (Lipinski definition) is 1. The van der Waals surface area contributed by atoms with Crippen molar-refractivity contribution in [3.8, 4) is 0 Å². The molecule has 1 aliphatic heterocycles. The molecule has 1 N–H and O–H groups in total. The van der Waals surface area contributed by atoms with Gasteiger partial charge in [0, 0.05) is 21.3 Å². The van der Waals surface area contributed by atoms with Gasteiger partial charge in [0.25, 0.3) is 0 Å². The minimum atomic E-state index is -0.409. The lowest BCUT2D eigenvalue weighted by atomic mass is 10.2. The summed E-state index contributed by atoms with van der Waals surface area (Å²) in [4.78, 5) is 25.2. The maximum atomic E-state index is 11.6. The maximum absolute atomic E-state index is 11.6. The smallest absolute Gasteiger partial charge is 0.325 e. The Morgan fingerprint density at radius 2 is 2.53 bits per heavy atom. The van der Waals surface area contributed by atoms with Gasteiger partial charge in [-0.1, -0.05) is 0 Å². The number of rotatable bonds is 3. The van der Waals surface area contributed by atoms with Gasteiger partial charge in [-0.3, -0.25) is 4.79 Å². The van der Waals surface area contributed by atoms with E-state index in [1.54, 1.807) is 11.3 Å². The van der Waals surface area contributed by atoms with Gasteiger partial charge in [0.15, 0.2) is 0 Å². The fraction of sp³-hybridized carbons (Fsp3) is 0.400. The average molecular weight is 319 g/mol. The summed E-state index contributed by atoms with van der Waals surface area (Å²) in [6.45, 7) is 0.478. The standard InChI is InChI=1S/C10H11BrN2O3S/c1-16-9(14)4-13-3-7(12-10(13)15)8-2-6(11)5-17-8/h2,5,7H,3-4H2,1H3,(H,12,15). The Balaban J connectivity index is 2.02. The zero-order valence-corrected chi connectivity index (χ0v) is 11.5. The second-order valence-corrected chi connectivity index (χ2v) is 5.48. The third-order valence-corrected chi connectivity index (χ3v) is 4.27. The SMILES string of the molecule is COC(=O)CN1CC(c2cc(Br)cs2)NC1=O. The van der Waals surface area contributed by atoms with E-state index in [1.807, 2.05) is 11.4 Å². The van der Waals surface area contributed by atoms with Crippen LogP contribution in [0.25, 0.3) is 0 Å². The predicted molar refractivity (Wildman–Crippen MR) is 66.9 cm³/mol. The van der Waals surface area contributed by atoms with Crippen molar-refractivity contribution < 1.29 is 14.3 Å². The van der Waals surface area contributed by atoms with Crippen molar-refractivity contribution >= 4 is 39.3 Å². The summed E-state index contributed by atoms with van der Waals surface area (Å²) in [5, 5.41) is 4.79. The molecule has 1 saturated heterocycles. The van der Waals surface area contributed by atoms with Crippen molar-refractivity contribution in [2.45, 2.75) is 6.04 Å². The molecule has 17 heavy (non-hydrogen) atoms. The normalized spacial score (nSPS) is 19.3. The summed E-state index contributed by atoms with van der Waals surface area (Å²) in [6, 6.07) is 1.69. The molecule has 0 spiro atoms. The minimum absolute atomic E-state index is 0.00855. The summed E-state index contributed by atoms with van der Waals surface area (Å²) in [5.41, 5.74) is 0. The fourth-order valence-electron chi connectivity index (χ4n) is 1.62. The van der Waals surface area contributed by atoms with Crippen LogP contribution in [0, 0.1) is 0 Å². The molecule has 2 amide bonds. The van der Waals surface area contributed by atoms with E-state index in [0.717, 1.165) is 9.35 Å². The lowest BCUT2D eigenvalue weighted by molar-refractivity contribution is -0.141. The predicted octanol–water partition coefficient (Wildman–Crippen LogP) is 1.75. The van der Waals surface area contributed by atoms with Gasteiger partial charge in [-0.15, -0.1) is 11.3 Å². The fourth-order valence-corrected chi connectivity index (χ4v) is 3.11. The molecule has 0 aliphatic carbocycles. The van der Waals surface area contributed by atoms with Crippen LogP contribution in [0.15, 0.2) is 15.9 Å². The molecular formula is C10H11BrN2O3S. The molecule has 0 radical (unpaired) electrons. The molecule has 1 unspecified atom stereocenters. The molecule has 0 aromatic carbocycles. The Hall–Kier alpha value is -1.08. The first-order valence-corrected chi connectivity index (χ1v) is 6.63. The average Bonchev–Trinajstić information content (AvgIpc) is 2.86. The topological polar surface area (TPSA) is 58.6 Å². The van der Waals surface area contributed by atoms with Gasteiger partial charge < -0.3 is 15.0 Å². The third kappa shape index (κ3) is 2.78. The summed E-state index contributed by atoms with van der Waals surface area (Å²) < 4.78 is 5.54. The van der Waals surface area contributed by atoms with Gasteiger partial charge in [-0.25, -0.2) is 4.79 Å². The van der Waals surface area contributed by atoms with Gasteiger partial charge in [-0.2, -0.15) is 0 Å². The van der Waals surface area contributed by atoms with Crippen LogP contribution in [-0.2, 0) is 9.53 Å². The number of halogens is 1. The maximum Gasteiger partial charge on any atom is 0.325 e. The number of methoxy groups -OCH3 is 1. The van der Waals surface area contributed by atoms with Crippen molar-refractivity contribution in [1.29, 1.82) is 0 Å². The quantitative estimate of drug-likeness (QED) is 0.864. The molecule has 0 saturated carbocycles. The minimum Gasteiger partial charge on any atom is -0.468 e. The molecule has 1 aromatic rings. The first kappa shape index (κ1) is 12.4. The van der Waals surface area contributed by atoms with Crippen molar-refractivity contribution in [3.05, 3.63) is 20.8 Å². The highest BCUT2D eigenvalue weighted by Crippen LogP contribution is 2.28. The van der Waals surface area contributed by atoms with Crippen LogP contribution in [0.4, 0.5) is 4.79 Å². The van der Waals surface area contributed by atoms with E-state index >= 15 is 0 Å². The number of ether oxygens (including phenoxy) is 1. The van der Waals surface area contributed by atoms with Gasteiger partial charge in [-0.05, 0) is 22.0 Å². The van der Waals surface area contributed by atoms with Crippen molar-refractivity contribution in [2.24, 2.45) is 0 Å². The van der Waals surface area contributed by atoms with Crippen LogP contribution in [0.2, 0.25) is 0 Å². The monoisotopic (exact) mass is 318 g/mol. The number of carbonyl (C=O) groups is 2. The molecule has 7 heteroatoms. The van der Waals surface area contributed by atoms with Crippen molar-refractivity contribution in [2.75, 3.05) is 20.2 Å². The largest absolute Gasteiger partial charge is 0.468 e. The molecule has 0 bridgehead atoms. The number of thiophene rings is 1. The second-order valence-electron chi connectivity index (χ2n) is 3.63. The van der Waals surface area contributed by atoms with Crippen LogP contribution >= 0.6 is 27.3 Å². The summed E-state index contributed by atoms with van der Waals surface area (Å²) >= 11 is 4.94. The Morgan fingerprint density at radius 3 is 3.12 bits per heavy atom. The van der Waals surface area contributed by atoms with Crippen LogP contribution in [0.1, 0.15) is 10.9 Å². The molecule has 1 fully saturated rings. The molecule has 2 rings (SSSR count). The molecule has 2 heterocycles. The highest BCUT2D eigenvalue weighted by atomic mass is 79.9. The Morgan fingerprint density at radius 1 is 1.76 bits per heavy atom. The van der Waals surface area contributed by atoms with Crippen molar-refractivity contribution in [1.82, 2.24) is 10.2 Å². The number of nitrogens with one attached hydrogen (secondary N) is 1. The zero-order chi connectivity index (χ0) is 12.4. The molecule has 1 atom stereocenters. The van der Waals surface area contributed by atoms with E-state index in [4.69, 9.17) is 0 Å². The summed E-state index contributed by atoms with van der Waals surface area (Å²) in [5.74, 6) is -0.409. The van der Waals surface area contributed by atoms with Crippen LogP contribution < -0.4 is 5.32 Å². The Bertz CT molecular complexity index is 449. The second kappa shape index (κ2) is 5.05. The molecule has 1 aliphatic rings. The molecule has 92 valence electrons. The van der Waals surface area contributed by atoms with Crippen LogP contribution in [-0.4, -0.2) is 37.1 Å². The molecule has 5 nitrogen and oxygen atoms in total. The third-order valence-electron chi connectivity index (χ3n) is 2.47. The number of urea groups is 1. The van der Waals surface area contributed by atoms with E-state index in [9.17, 15) is 9.59 Å². The van der Waals surface area contributed by atoms with E-state index in [0.29, 0.717) is 6.54 Å². The summed E-state index contributed by atoms with van der Waals surface area (Å²) in [7, 11) is 1.31. The first-order valence-electron chi connectivity index (χ1n) is 4.96. The van der Waals surface area contributed by atoms with E-state index < -0.39 is 5.97 Å². The number of nitrogens with zero attached hydrogens (tertiary/aromatic N) is 1. The summed E-state index contributed by atoms with van der Waals surface area (Å²) in [6.07, 6.45) is 0. The molecular weight excluding hydrogens is 308 g/mol. The van der Waals surface area contributed by atoms with E-state index in [-0.39, 0.29) is 18.6 Å². The number of esters is 1. The molecule has 1 aromatic heterocycles. The lowest BCUT2D eigenvalue weighted by Crippen LogP contribution is -2.33. The van der Waals surface area contributed by atoms with E-state index in [1.165, 1.54) is 12.0 Å². The van der Waals surface area contributed by atoms with Crippen LogP contribution in [0.3, 0.4) is 0 Å². The zero-order valence-electron chi connectivity index (χ0n) is 9.10. The number of amides is 2. The van der Waals surface area contributed by atoms with Crippen molar-refractivity contribution in [3.63, 3.8) is 0 Å². The van der Waals surface area contributed by atoms with Gasteiger partial charge in [0.1, 0.15) is 6.54 Å². The van der Waals surface area contributed by atoms with Gasteiger partial charge in [0.05, 0.1) is 13.2 Å². The lowest BCUT2D eigenvalue weighted by Gasteiger charge is -2.12. The Kier molecular flexibility index (Phi) is 3.68. The first-order chi connectivity index (χ1) is 8.10. The van der Waals surface area contributed by atoms with Gasteiger partial charge >= 0.3 is 12.0 Å². The van der Waals surface area contributed by atoms with Gasteiger partial charge in [0.2, 0.25) is 0 Å². The highest BCUT2D eigenvalue weighted by molar-refractivity contribution is 9.10. The van der Waals surface area contributed by atoms with E-state index in [2.05, 4.69) is 26.0 Å². The highest BCUT2D eigenvalue weighted by Gasteiger charge is 2.31. The number of hydrogen-bond acceptors (Lipinski definition) is 4. The number of carbonyl (C=O) groups excluding carboxylic acids is 2.